The number of nitrogens with zero attached hydrogens (tertiary/aromatic N) is 2. The molecule has 10 heteroatoms. The zero-order valence-electron chi connectivity index (χ0n) is 23.3. The van der Waals surface area contributed by atoms with Gasteiger partial charge in [-0.3, -0.25) is 14.5 Å². The average Bonchev–Trinajstić information content (AvgIpc) is 3.26. The Bertz CT molecular complexity index is 1370. The Kier molecular flexibility index (Phi) is 10.4. The van der Waals surface area contributed by atoms with Crippen LogP contribution >= 0.6 is 11.8 Å². The molecule has 41 heavy (non-hydrogen) atoms. The van der Waals surface area contributed by atoms with Gasteiger partial charge in [0.2, 0.25) is 11.8 Å². The molecule has 4 rings (SSSR count). The molecule has 0 radical (unpaired) electrons. The zero-order valence-corrected chi connectivity index (χ0v) is 24.1. The van der Waals surface area contributed by atoms with Gasteiger partial charge in [-0.15, -0.1) is 0 Å². The second kappa shape index (κ2) is 14.4. The molecule has 214 valence electrons. The van der Waals surface area contributed by atoms with E-state index < -0.39 is 11.2 Å². The summed E-state index contributed by atoms with van der Waals surface area (Å²) in [5, 5.41) is 2.75. The summed E-state index contributed by atoms with van der Waals surface area (Å²) in [5.74, 6) is 0.628. The highest BCUT2D eigenvalue weighted by Gasteiger charge is 2.39. The van der Waals surface area contributed by atoms with Gasteiger partial charge < -0.3 is 19.5 Å². The SMILES string of the molecule is CCOC(=O)c1ccc(N=C2S[C@H](CC(=O)Nc3ccc(OCC)cc3)C(=O)N2CCc2ccc(OC)cc2)cc1. The van der Waals surface area contributed by atoms with E-state index in [0.717, 1.165) is 17.1 Å². The Morgan fingerprint density at radius 3 is 2.24 bits per heavy atom. The molecule has 1 aliphatic heterocycles. The quantitative estimate of drug-likeness (QED) is 0.285. The molecule has 0 aliphatic carbocycles. The van der Waals surface area contributed by atoms with Crippen molar-refractivity contribution in [1.29, 1.82) is 0 Å². The first-order valence-electron chi connectivity index (χ1n) is 13.4. The van der Waals surface area contributed by atoms with Crippen LogP contribution in [0.2, 0.25) is 0 Å². The summed E-state index contributed by atoms with van der Waals surface area (Å²) < 4.78 is 15.7. The number of ether oxygens (including phenoxy) is 3. The number of anilines is 1. The molecule has 1 N–H and O–H groups in total. The van der Waals surface area contributed by atoms with Crippen LogP contribution in [0.15, 0.2) is 77.8 Å². The third-order valence-corrected chi connectivity index (χ3v) is 7.40. The van der Waals surface area contributed by atoms with Crippen molar-refractivity contribution in [3.05, 3.63) is 83.9 Å². The molecule has 0 spiro atoms. The maximum Gasteiger partial charge on any atom is 0.338 e. The largest absolute Gasteiger partial charge is 0.497 e. The lowest BCUT2D eigenvalue weighted by atomic mass is 10.1. The zero-order chi connectivity index (χ0) is 29.2. The molecule has 0 saturated carbocycles. The number of amidine groups is 1. The minimum Gasteiger partial charge on any atom is -0.497 e. The average molecular weight is 576 g/mol. The number of carbonyl (C=O) groups is 3. The summed E-state index contributed by atoms with van der Waals surface area (Å²) in [4.78, 5) is 44.7. The minimum atomic E-state index is -0.619. The highest BCUT2D eigenvalue weighted by Crippen LogP contribution is 2.32. The first-order chi connectivity index (χ1) is 19.9. The van der Waals surface area contributed by atoms with Crippen LogP contribution in [-0.4, -0.2) is 60.0 Å². The Morgan fingerprint density at radius 2 is 1.61 bits per heavy atom. The number of benzene rings is 3. The van der Waals surface area contributed by atoms with Crippen LogP contribution < -0.4 is 14.8 Å². The second-order valence-corrected chi connectivity index (χ2v) is 10.2. The molecular weight excluding hydrogens is 542 g/mol. The normalized spacial score (nSPS) is 15.6. The second-order valence-electron chi connectivity index (χ2n) is 9.07. The lowest BCUT2D eigenvalue weighted by molar-refractivity contribution is -0.128. The number of methoxy groups -OCH3 is 1. The van der Waals surface area contributed by atoms with Gasteiger partial charge in [0.25, 0.3) is 0 Å². The number of carbonyl (C=O) groups excluding carboxylic acids is 3. The molecule has 1 aliphatic rings. The number of nitrogens with one attached hydrogen (secondary N) is 1. The van der Waals surface area contributed by atoms with Crippen molar-refractivity contribution >= 4 is 46.1 Å². The van der Waals surface area contributed by atoms with Crippen LogP contribution in [0.5, 0.6) is 11.5 Å². The third kappa shape index (κ3) is 8.11. The topological polar surface area (TPSA) is 107 Å². The molecular formula is C31H33N3O6S. The van der Waals surface area contributed by atoms with Gasteiger partial charge in [-0.2, -0.15) is 0 Å². The number of amides is 2. The first-order valence-corrected chi connectivity index (χ1v) is 14.3. The number of hydrogen-bond acceptors (Lipinski definition) is 8. The van der Waals surface area contributed by atoms with Crippen molar-refractivity contribution in [3.63, 3.8) is 0 Å². The van der Waals surface area contributed by atoms with Gasteiger partial charge in [0, 0.05) is 18.7 Å². The highest BCUT2D eigenvalue weighted by molar-refractivity contribution is 8.15. The highest BCUT2D eigenvalue weighted by atomic mass is 32.2. The molecule has 0 aromatic heterocycles. The van der Waals surface area contributed by atoms with Gasteiger partial charge in [-0.1, -0.05) is 23.9 Å². The molecule has 9 nitrogen and oxygen atoms in total. The molecule has 2 amide bonds. The number of hydrogen-bond donors (Lipinski definition) is 1. The summed E-state index contributed by atoms with van der Waals surface area (Å²) in [6.45, 7) is 4.90. The fourth-order valence-electron chi connectivity index (χ4n) is 4.14. The Hall–Kier alpha value is -4.31. The maximum absolute atomic E-state index is 13.5. The van der Waals surface area contributed by atoms with Crippen LogP contribution in [0, 0.1) is 0 Å². The van der Waals surface area contributed by atoms with Gasteiger partial charge in [-0.05, 0) is 86.5 Å². The van der Waals surface area contributed by atoms with E-state index in [1.54, 1.807) is 67.5 Å². The monoisotopic (exact) mass is 575 g/mol. The van der Waals surface area contributed by atoms with E-state index in [-0.39, 0.29) is 18.2 Å². The van der Waals surface area contributed by atoms with Crippen molar-refractivity contribution in [2.24, 2.45) is 4.99 Å². The van der Waals surface area contributed by atoms with Crippen LogP contribution in [0.25, 0.3) is 0 Å². The fraction of sp³-hybridized carbons (Fsp3) is 0.290. The third-order valence-electron chi connectivity index (χ3n) is 6.23. The van der Waals surface area contributed by atoms with Gasteiger partial charge in [0.15, 0.2) is 5.17 Å². The number of thioether (sulfide) groups is 1. The Labute approximate surface area is 243 Å². The summed E-state index contributed by atoms with van der Waals surface area (Å²) in [6, 6.07) is 21.5. The Balaban J connectivity index is 1.49. The van der Waals surface area contributed by atoms with Crippen LogP contribution in [0.3, 0.4) is 0 Å². The molecule has 1 fully saturated rings. The van der Waals surface area contributed by atoms with Gasteiger partial charge in [-0.25, -0.2) is 9.79 Å². The Morgan fingerprint density at radius 1 is 0.927 bits per heavy atom. The molecule has 3 aromatic rings. The fourth-order valence-corrected chi connectivity index (χ4v) is 5.33. The van der Waals surface area contributed by atoms with E-state index in [1.165, 1.54) is 11.8 Å². The summed E-state index contributed by atoms with van der Waals surface area (Å²) in [6.07, 6.45) is 0.596. The molecule has 1 heterocycles. The van der Waals surface area contributed by atoms with Crippen LogP contribution in [0.1, 0.15) is 36.2 Å². The number of esters is 1. The maximum atomic E-state index is 13.5. The van der Waals surface area contributed by atoms with Gasteiger partial charge in [0.05, 0.1) is 31.6 Å². The van der Waals surface area contributed by atoms with E-state index in [1.807, 2.05) is 31.2 Å². The smallest absolute Gasteiger partial charge is 0.338 e. The van der Waals surface area contributed by atoms with Crippen molar-refractivity contribution in [1.82, 2.24) is 4.90 Å². The first kappa shape index (κ1) is 29.7. The summed E-state index contributed by atoms with van der Waals surface area (Å²) in [7, 11) is 1.61. The van der Waals surface area contributed by atoms with E-state index in [4.69, 9.17) is 19.2 Å². The lowest BCUT2D eigenvalue weighted by Crippen LogP contribution is -2.35. The molecule has 1 atom stereocenters. The van der Waals surface area contributed by atoms with Crippen molar-refractivity contribution in [2.45, 2.75) is 31.9 Å². The lowest BCUT2D eigenvalue weighted by Gasteiger charge is -2.17. The van der Waals surface area contributed by atoms with E-state index in [2.05, 4.69) is 5.32 Å². The van der Waals surface area contributed by atoms with Gasteiger partial charge >= 0.3 is 5.97 Å². The van der Waals surface area contributed by atoms with E-state index in [0.29, 0.717) is 48.3 Å². The van der Waals surface area contributed by atoms with Crippen molar-refractivity contribution < 1.29 is 28.6 Å². The van der Waals surface area contributed by atoms with Crippen molar-refractivity contribution in [3.8, 4) is 11.5 Å². The number of aliphatic imine (C=N–C) groups is 1. The summed E-state index contributed by atoms with van der Waals surface area (Å²) in [5.41, 5.74) is 2.67. The van der Waals surface area contributed by atoms with Crippen LogP contribution in [0.4, 0.5) is 11.4 Å². The minimum absolute atomic E-state index is 0.00341. The van der Waals surface area contributed by atoms with Gasteiger partial charge in [0.1, 0.15) is 16.7 Å². The molecule has 3 aromatic carbocycles. The molecule has 0 unspecified atom stereocenters. The number of rotatable bonds is 12. The molecule has 1 saturated heterocycles. The van der Waals surface area contributed by atoms with E-state index >= 15 is 0 Å². The predicted octanol–water partition coefficient (Wildman–Crippen LogP) is 5.47. The van der Waals surface area contributed by atoms with E-state index in [9.17, 15) is 14.4 Å². The standard InChI is InChI=1S/C31H33N3O6S/c1-4-39-26-16-12-23(13-17-26)32-28(35)20-27-29(36)34(19-18-21-6-14-25(38-3)15-7-21)31(41-27)33-24-10-8-22(9-11-24)30(37)40-5-2/h6-17,27H,4-5,18-20H2,1-3H3,(H,32,35)/t27-/m1/s1. The van der Waals surface area contributed by atoms with Crippen LogP contribution in [-0.2, 0) is 20.7 Å². The molecule has 0 bridgehead atoms. The predicted molar refractivity (Wildman–Crippen MR) is 160 cm³/mol. The summed E-state index contributed by atoms with van der Waals surface area (Å²) >= 11 is 1.26. The van der Waals surface area contributed by atoms with Crippen molar-refractivity contribution in [2.75, 3.05) is 32.2 Å².